The molecule has 4 rings (SSSR count). The van der Waals surface area contributed by atoms with Crippen molar-refractivity contribution < 1.29 is 14.3 Å². The van der Waals surface area contributed by atoms with E-state index in [9.17, 15) is 14.7 Å². The number of aldehydes is 1. The van der Waals surface area contributed by atoms with E-state index in [1.54, 1.807) is 24.3 Å². The van der Waals surface area contributed by atoms with Crippen molar-refractivity contribution in [3.63, 3.8) is 0 Å². The van der Waals surface area contributed by atoms with Gasteiger partial charge in [0.25, 0.3) is 0 Å². The summed E-state index contributed by atoms with van der Waals surface area (Å²) in [5, 5.41) is 11.0. The van der Waals surface area contributed by atoms with Crippen LogP contribution in [0.15, 0.2) is 57.7 Å². The van der Waals surface area contributed by atoms with Crippen molar-refractivity contribution in [2.24, 2.45) is 5.73 Å². The number of rotatable bonds is 3. The molecule has 5 heteroatoms. The number of aromatic hydroxyl groups is 1. The molecule has 0 unspecified atom stereocenters. The molecule has 0 spiro atoms. The SMILES string of the molecule is Cc1cc(C=O)ccc1-c1c2ccc(=O)cc-2oc2c(CN)c(O)ccc12. The molecule has 5 nitrogen and oxygen atoms in total. The summed E-state index contributed by atoms with van der Waals surface area (Å²) in [5.74, 6) is 0.467. The van der Waals surface area contributed by atoms with Crippen LogP contribution in [0.3, 0.4) is 0 Å². The van der Waals surface area contributed by atoms with Gasteiger partial charge in [0.2, 0.25) is 0 Å². The molecule has 3 N–H and O–H groups in total. The second-order valence-corrected chi connectivity index (χ2v) is 6.47. The van der Waals surface area contributed by atoms with Crippen LogP contribution in [0.2, 0.25) is 0 Å². The number of carbonyl (C=O) groups is 1. The van der Waals surface area contributed by atoms with Gasteiger partial charge in [0.1, 0.15) is 23.4 Å². The van der Waals surface area contributed by atoms with Crippen LogP contribution in [0.1, 0.15) is 21.5 Å². The molecule has 0 saturated carbocycles. The van der Waals surface area contributed by atoms with E-state index in [0.717, 1.165) is 33.9 Å². The quantitative estimate of drug-likeness (QED) is 0.428. The normalized spacial score (nSPS) is 11.2. The van der Waals surface area contributed by atoms with Crippen LogP contribution in [0.5, 0.6) is 5.75 Å². The van der Waals surface area contributed by atoms with Crippen molar-refractivity contribution in [2.75, 3.05) is 0 Å². The van der Waals surface area contributed by atoms with Crippen molar-refractivity contribution in [2.45, 2.75) is 13.5 Å². The number of nitrogens with two attached hydrogens (primary N) is 1. The smallest absolute Gasteiger partial charge is 0.182 e. The second-order valence-electron chi connectivity index (χ2n) is 6.47. The van der Waals surface area contributed by atoms with E-state index in [4.69, 9.17) is 10.2 Å². The topological polar surface area (TPSA) is 93.5 Å². The minimum Gasteiger partial charge on any atom is -0.507 e. The molecular weight excluding hydrogens is 342 g/mol. The standard InChI is InChI=1S/C22H17NO4/c1-12-8-13(11-24)2-4-15(12)21-16-5-3-14(25)9-20(16)27-22-17(21)6-7-19(26)18(22)10-23/h2-9,11,26H,10,23H2,1H3. The van der Waals surface area contributed by atoms with E-state index in [1.165, 1.54) is 12.1 Å². The minimum atomic E-state index is -0.168. The van der Waals surface area contributed by atoms with Crippen molar-refractivity contribution in [1.82, 2.24) is 0 Å². The molecule has 2 aromatic rings. The summed E-state index contributed by atoms with van der Waals surface area (Å²) >= 11 is 0. The maximum Gasteiger partial charge on any atom is 0.182 e. The lowest BCUT2D eigenvalue weighted by Crippen LogP contribution is -2.03. The number of hydrogen-bond acceptors (Lipinski definition) is 5. The molecule has 0 radical (unpaired) electrons. The Balaban J connectivity index is 2.21. The Morgan fingerprint density at radius 3 is 2.56 bits per heavy atom. The maximum absolute atomic E-state index is 11.9. The number of phenolic OH excluding ortho intramolecular Hbond substituents is 1. The Morgan fingerprint density at radius 1 is 1.07 bits per heavy atom. The first-order valence-corrected chi connectivity index (χ1v) is 8.51. The van der Waals surface area contributed by atoms with E-state index in [2.05, 4.69) is 0 Å². The highest BCUT2D eigenvalue weighted by molar-refractivity contribution is 6.04. The van der Waals surface area contributed by atoms with Gasteiger partial charge in [-0.3, -0.25) is 9.59 Å². The summed E-state index contributed by atoms with van der Waals surface area (Å²) in [5.41, 5.74) is 10.7. The van der Waals surface area contributed by atoms with Crippen LogP contribution in [0, 0.1) is 6.92 Å². The lowest BCUT2D eigenvalue weighted by molar-refractivity contribution is 0.112. The molecule has 0 fully saturated rings. The Hall–Kier alpha value is -3.44. The van der Waals surface area contributed by atoms with Gasteiger partial charge >= 0.3 is 0 Å². The van der Waals surface area contributed by atoms with Crippen LogP contribution in [-0.4, -0.2) is 11.4 Å². The first-order chi connectivity index (χ1) is 13.0. The number of aryl methyl sites for hydroxylation is 1. The molecule has 0 atom stereocenters. The monoisotopic (exact) mass is 359 g/mol. The Labute approximate surface area is 155 Å². The van der Waals surface area contributed by atoms with Crippen LogP contribution in [0.25, 0.3) is 33.4 Å². The summed E-state index contributed by atoms with van der Waals surface area (Å²) in [6, 6.07) is 13.5. The van der Waals surface area contributed by atoms with Gasteiger partial charge in [-0.05, 0) is 48.4 Å². The number of carbonyl (C=O) groups excluding carboxylic acids is 1. The molecular formula is C22H17NO4. The molecule has 0 amide bonds. The van der Waals surface area contributed by atoms with Gasteiger partial charge in [-0.2, -0.15) is 0 Å². The van der Waals surface area contributed by atoms with E-state index >= 15 is 0 Å². The maximum atomic E-state index is 11.9. The van der Waals surface area contributed by atoms with Crippen LogP contribution < -0.4 is 11.2 Å². The predicted octanol–water partition coefficient (Wildman–Crippen LogP) is 3.85. The molecule has 1 aliphatic carbocycles. The van der Waals surface area contributed by atoms with Gasteiger partial charge in [-0.15, -0.1) is 0 Å². The van der Waals surface area contributed by atoms with E-state index in [1.807, 2.05) is 19.1 Å². The van der Waals surface area contributed by atoms with E-state index < -0.39 is 0 Å². The second kappa shape index (κ2) is 6.37. The summed E-state index contributed by atoms with van der Waals surface area (Å²) in [7, 11) is 0. The zero-order valence-corrected chi connectivity index (χ0v) is 14.7. The zero-order chi connectivity index (χ0) is 19.1. The molecule has 2 aromatic carbocycles. The van der Waals surface area contributed by atoms with Crippen LogP contribution in [0.4, 0.5) is 0 Å². The fourth-order valence-electron chi connectivity index (χ4n) is 3.51. The van der Waals surface area contributed by atoms with Crippen LogP contribution in [-0.2, 0) is 6.54 Å². The summed E-state index contributed by atoms with van der Waals surface area (Å²) in [6.45, 7) is 2.02. The van der Waals surface area contributed by atoms with E-state index in [-0.39, 0.29) is 17.7 Å². The third-order valence-electron chi connectivity index (χ3n) is 4.80. The predicted molar refractivity (Wildman–Crippen MR) is 104 cm³/mol. The summed E-state index contributed by atoms with van der Waals surface area (Å²) < 4.78 is 5.98. The van der Waals surface area contributed by atoms with Crippen LogP contribution >= 0.6 is 0 Å². The number of hydrogen-bond donors (Lipinski definition) is 2. The Morgan fingerprint density at radius 2 is 1.85 bits per heavy atom. The number of benzene rings is 3. The van der Waals surface area contributed by atoms with Crippen molar-refractivity contribution in [3.05, 3.63) is 75.4 Å². The molecule has 1 aliphatic heterocycles. The number of fused-ring (bicyclic) bond motifs is 2. The van der Waals surface area contributed by atoms with Crippen molar-refractivity contribution >= 4 is 17.3 Å². The largest absolute Gasteiger partial charge is 0.507 e. The summed E-state index contributed by atoms with van der Waals surface area (Å²) in [4.78, 5) is 23.0. The number of phenols is 1. The highest BCUT2D eigenvalue weighted by Crippen LogP contribution is 2.43. The molecule has 0 saturated heterocycles. The van der Waals surface area contributed by atoms with Crippen molar-refractivity contribution in [3.8, 4) is 28.2 Å². The molecule has 1 heterocycles. The lowest BCUT2D eigenvalue weighted by Gasteiger charge is -2.18. The molecule has 134 valence electrons. The molecule has 27 heavy (non-hydrogen) atoms. The Kier molecular flexibility index (Phi) is 4.01. The fraction of sp³-hybridized carbons (Fsp3) is 0.0909. The Bertz CT molecular complexity index is 1220. The first kappa shape index (κ1) is 17.0. The molecule has 0 aromatic heterocycles. The highest BCUT2D eigenvalue weighted by atomic mass is 16.3. The molecule has 0 bridgehead atoms. The average Bonchev–Trinajstić information content (AvgIpc) is 2.66. The van der Waals surface area contributed by atoms with Gasteiger partial charge in [-0.25, -0.2) is 0 Å². The summed E-state index contributed by atoms with van der Waals surface area (Å²) in [6.07, 6.45) is 0.807. The lowest BCUT2D eigenvalue weighted by atomic mass is 9.89. The van der Waals surface area contributed by atoms with Gasteiger partial charge in [-0.1, -0.05) is 12.1 Å². The minimum absolute atomic E-state index is 0.0466. The highest BCUT2D eigenvalue weighted by Gasteiger charge is 2.21. The van der Waals surface area contributed by atoms with Gasteiger partial charge in [0.05, 0.1) is 5.56 Å². The zero-order valence-electron chi connectivity index (χ0n) is 14.7. The third kappa shape index (κ3) is 2.69. The fourth-order valence-corrected chi connectivity index (χ4v) is 3.51. The van der Waals surface area contributed by atoms with Crippen molar-refractivity contribution in [1.29, 1.82) is 0 Å². The van der Waals surface area contributed by atoms with Gasteiger partial charge < -0.3 is 15.3 Å². The van der Waals surface area contributed by atoms with Gasteiger partial charge in [0.15, 0.2) is 5.43 Å². The first-order valence-electron chi connectivity index (χ1n) is 8.51. The third-order valence-corrected chi connectivity index (χ3v) is 4.80. The average molecular weight is 359 g/mol. The van der Waals surface area contributed by atoms with E-state index in [0.29, 0.717) is 22.5 Å². The molecule has 2 aliphatic rings. The van der Waals surface area contributed by atoms with Gasteiger partial charge in [0, 0.05) is 34.7 Å².